The fourth-order valence-corrected chi connectivity index (χ4v) is 8.70. The van der Waals surface area contributed by atoms with Gasteiger partial charge in [-0.15, -0.1) is 0 Å². The third-order valence-electron chi connectivity index (χ3n) is 12.6. The summed E-state index contributed by atoms with van der Waals surface area (Å²) in [7, 11) is 0. The molecule has 2 saturated heterocycles. The molecule has 16 heteroatoms. The van der Waals surface area contributed by atoms with E-state index in [1.807, 2.05) is 19.9 Å². The van der Waals surface area contributed by atoms with Crippen LogP contribution in [0.4, 0.5) is 17.6 Å². The molecule has 2 saturated carbocycles. The molecule has 0 radical (unpaired) electrons. The molecule has 0 aromatic heterocycles. The number of rotatable bonds is 28. The van der Waals surface area contributed by atoms with Gasteiger partial charge in [0.1, 0.15) is 23.8 Å². The number of carboxylic acid groups (broad SMARTS) is 2. The number of aliphatic hydroxyl groups is 2. The zero-order valence-corrected chi connectivity index (χ0v) is 38.9. The molecule has 0 spiro atoms. The van der Waals surface area contributed by atoms with E-state index in [0.29, 0.717) is 77.4 Å². The predicted octanol–water partition coefficient (Wildman–Crippen LogP) is 10.1. The van der Waals surface area contributed by atoms with Gasteiger partial charge in [-0.3, -0.25) is 19.2 Å². The molecule has 66 heavy (non-hydrogen) atoms. The molecule has 4 fully saturated rings. The topological polar surface area (TPSA) is 186 Å². The lowest BCUT2D eigenvalue weighted by molar-refractivity contribution is -0.229. The van der Waals surface area contributed by atoms with Gasteiger partial charge in [-0.25, -0.2) is 0 Å². The van der Waals surface area contributed by atoms with Crippen LogP contribution in [0.5, 0.6) is 0 Å². The van der Waals surface area contributed by atoms with Gasteiger partial charge in [0.2, 0.25) is 0 Å². The molecule has 376 valence electrons. The molecule has 4 aliphatic rings. The van der Waals surface area contributed by atoms with Crippen molar-refractivity contribution in [3.05, 3.63) is 48.6 Å². The zero-order chi connectivity index (χ0) is 48.5. The van der Waals surface area contributed by atoms with Crippen LogP contribution in [0.3, 0.4) is 0 Å². The third kappa shape index (κ3) is 20.5. The summed E-state index contributed by atoms with van der Waals surface area (Å²) < 4.78 is 82.8. The fraction of sp³-hybridized carbons (Fsp3) is 0.760. The molecule has 0 aromatic carbocycles. The van der Waals surface area contributed by atoms with E-state index in [4.69, 9.17) is 29.2 Å². The number of carboxylic acids is 2. The van der Waals surface area contributed by atoms with E-state index in [1.54, 1.807) is 18.2 Å². The maximum absolute atomic E-state index is 15.1. The lowest BCUT2D eigenvalue weighted by atomic mass is 9.89. The molecule has 2 heterocycles. The van der Waals surface area contributed by atoms with Crippen LogP contribution in [0.1, 0.15) is 155 Å². The number of ketones is 2. The van der Waals surface area contributed by atoms with Crippen LogP contribution < -0.4 is 0 Å². The van der Waals surface area contributed by atoms with Crippen molar-refractivity contribution in [1.82, 2.24) is 0 Å². The van der Waals surface area contributed by atoms with Crippen molar-refractivity contribution in [2.24, 2.45) is 23.7 Å². The number of carbonyl (C=O) groups is 4. The third-order valence-corrected chi connectivity index (χ3v) is 12.6. The van der Waals surface area contributed by atoms with E-state index >= 15 is 17.6 Å². The smallest absolute Gasteiger partial charge is 0.303 e. The highest BCUT2D eigenvalue weighted by molar-refractivity contribution is 5.86. The first-order chi connectivity index (χ1) is 31.5. The Bertz CT molecular complexity index is 1570. The Balaban J connectivity index is 0.000000350. The fourth-order valence-electron chi connectivity index (χ4n) is 8.70. The molecule has 4 rings (SSSR count). The average molecular weight is 945 g/mol. The second-order valence-electron chi connectivity index (χ2n) is 18.0. The van der Waals surface area contributed by atoms with Crippen LogP contribution in [-0.2, 0) is 38.1 Å². The minimum Gasteiger partial charge on any atom is -0.481 e. The normalized spacial score (nSPS) is 27.6. The molecular weight excluding hydrogens is 869 g/mol. The van der Waals surface area contributed by atoms with Crippen molar-refractivity contribution in [2.75, 3.05) is 13.2 Å². The predicted molar refractivity (Wildman–Crippen MR) is 240 cm³/mol. The van der Waals surface area contributed by atoms with Crippen LogP contribution in [-0.4, -0.2) is 106 Å². The minimum absolute atomic E-state index is 0.0518. The number of hydrogen-bond donors (Lipinski definition) is 4. The number of ether oxygens (including phenoxy) is 4. The number of alkyl halides is 4. The van der Waals surface area contributed by atoms with E-state index < -0.39 is 84.5 Å². The summed E-state index contributed by atoms with van der Waals surface area (Å²) in [4.78, 5) is 45.8. The number of unbranched alkanes of at least 4 members (excludes halogenated alkanes) is 4. The van der Waals surface area contributed by atoms with Crippen LogP contribution in [0.25, 0.3) is 0 Å². The van der Waals surface area contributed by atoms with Crippen molar-refractivity contribution in [3.63, 3.8) is 0 Å². The highest BCUT2D eigenvalue weighted by atomic mass is 19.3. The lowest BCUT2D eigenvalue weighted by Gasteiger charge is -2.31. The van der Waals surface area contributed by atoms with Crippen LogP contribution >= 0.6 is 0 Å². The number of halogens is 4. The summed E-state index contributed by atoms with van der Waals surface area (Å²) in [6.07, 6.45) is 16.2. The van der Waals surface area contributed by atoms with Gasteiger partial charge in [-0.1, -0.05) is 76.0 Å². The largest absolute Gasteiger partial charge is 0.481 e. The summed E-state index contributed by atoms with van der Waals surface area (Å²) >= 11 is 0. The van der Waals surface area contributed by atoms with Crippen molar-refractivity contribution in [2.45, 2.75) is 204 Å². The monoisotopic (exact) mass is 945 g/mol. The molecule has 4 N–H and O–H groups in total. The summed E-state index contributed by atoms with van der Waals surface area (Å²) in [5.74, 6) is -11.2. The van der Waals surface area contributed by atoms with E-state index in [1.165, 1.54) is 12.2 Å². The maximum atomic E-state index is 15.1. The number of Topliss-reactive ketones (excluding diaryl/α,β-unsaturated/α-hetero) is 2. The number of aliphatic hydroxyl groups excluding tert-OH is 2. The van der Waals surface area contributed by atoms with E-state index in [-0.39, 0.29) is 50.1 Å². The van der Waals surface area contributed by atoms with Gasteiger partial charge < -0.3 is 39.4 Å². The van der Waals surface area contributed by atoms with Gasteiger partial charge in [-0.05, 0) is 102 Å². The maximum Gasteiger partial charge on any atom is 0.303 e. The number of carbonyl (C=O) groups excluding carboxylic acids is 2. The van der Waals surface area contributed by atoms with Gasteiger partial charge in [0, 0.05) is 62.6 Å². The molecule has 12 nitrogen and oxygen atoms in total. The number of hydrogen-bond acceptors (Lipinski definition) is 10. The van der Waals surface area contributed by atoms with E-state index in [0.717, 1.165) is 50.7 Å². The van der Waals surface area contributed by atoms with Gasteiger partial charge in [0.15, 0.2) is 12.6 Å². The second-order valence-corrected chi connectivity index (χ2v) is 18.0. The summed E-state index contributed by atoms with van der Waals surface area (Å²) in [5, 5.41) is 37.9. The van der Waals surface area contributed by atoms with Crippen LogP contribution in [0.15, 0.2) is 48.6 Å². The molecule has 2 aliphatic carbocycles. The SMILES string of the molecule is CCCCC(OC1CCCCO1)C(F)(F)/C=C/[C@H]1C(=O)C[C@H](O)[C@@H]1C/C=C\CCCC(=O)O.CCCCC(OC1CCCCO1)C(F)(F)/C=C/[C@H]1[C@H](O)CC(=O)[C@@H]1C/C=C\CCCC(=O)O. The molecule has 0 amide bonds. The quantitative estimate of drug-likeness (QED) is 0.0331. The van der Waals surface area contributed by atoms with Crippen LogP contribution in [0.2, 0.25) is 0 Å². The summed E-state index contributed by atoms with van der Waals surface area (Å²) in [6.45, 7) is 4.88. The Morgan fingerprint density at radius 2 is 1.17 bits per heavy atom. The average Bonchev–Trinajstić information content (AvgIpc) is 3.71. The van der Waals surface area contributed by atoms with Crippen molar-refractivity contribution in [3.8, 4) is 0 Å². The summed E-state index contributed by atoms with van der Waals surface area (Å²) in [6, 6.07) is 0. The highest BCUT2D eigenvalue weighted by Gasteiger charge is 2.45. The van der Waals surface area contributed by atoms with Gasteiger partial charge >= 0.3 is 11.9 Å². The Kier molecular flexibility index (Phi) is 26.2. The first kappa shape index (κ1) is 57.0. The Hall–Kier alpha value is -3.28. The Labute approximate surface area is 388 Å². The highest BCUT2D eigenvalue weighted by Crippen LogP contribution is 2.38. The molecule has 4 unspecified atom stereocenters. The second kappa shape index (κ2) is 30.3. The summed E-state index contributed by atoms with van der Waals surface area (Å²) in [5.41, 5.74) is 0. The molecule has 10 atom stereocenters. The Morgan fingerprint density at radius 1 is 0.682 bits per heavy atom. The molecule has 0 bridgehead atoms. The van der Waals surface area contributed by atoms with Crippen LogP contribution in [0, 0.1) is 23.7 Å². The van der Waals surface area contributed by atoms with Crippen molar-refractivity contribution in [1.29, 1.82) is 0 Å². The van der Waals surface area contributed by atoms with Gasteiger partial charge in [-0.2, -0.15) is 17.6 Å². The minimum atomic E-state index is -3.26. The van der Waals surface area contributed by atoms with Crippen molar-refractivity contribution >= 4 is 23.5 Å². The lowest BCUT2D eigenvalue weighted by Crippen LogP contribution is -2.39. The zero-order valence-electron chi connectivity index (χ0n) is 38.9. The first-order valence-electron chi connectivity index (χ1n) is 24.3. The standard InChI is InChI=1S/2C25H38F2O6/c2*1-2-3-11-22(33-24-13-8-9-16-32-24)25(26,27)15-14-19-18(20(28)17-21(19)29)10-6-4-5-7-12-23(30)31/h4,6,14-15,18-19,21-22,24,29H,2-3,5,7-13,16-17H2,1H3,(H,30,31);4,6,14-15,18-20,22,24,28H,2-3,5,7-13,16-17H2,1H3,(H,30,31)/b2*6-4-,15-14+/t18-,19-,21-,22?,24?;18-,19-,20+,22?,24?/m11/s1. The molecule has 2 aliphatic heterocycles. The Morgan fingerprint density at radius 3 is 1.64 bits per heavy atom. The van der Waals surface area contributed by atoms with E-state index in [2.05, 4.69) is 0 Å². The van der Waals surface area contributed by atoms with E-state index in [9.17, 15) is 29.4 Å². The number of aliphatic carboxylic acids is 2. The number of allylic oxidation sites excluding steroid dienone is 5. The van der Waals surface area contributed by atoms with Gasteiger partial charge in [0.25, 0.3) is 11.8 Å². The van der Waals surface area contributed by atoms with Gasteiger partial charge in [0.05, 0.1) is 12.2 Å². The van der Waals surface area contributed by atoms with Crippen molar-refractivity contribution < 1.29 is 76.1 Å². The molecular formula is C50H76F4O12. The first-order valence-corrected chi connectivity index (χ1v) is 24.3. The molecule has 0 aromatic rings.